The first kappa shape index (κ1) is 29.6. The Bertz CT molecular complexity index is 114. The molecule has 0 bridgehead atoms. The fourth-order valence-electron chi connectivity index (χ4n) is 1.28. The summed E-state index contributed by atoms with van der Waals surface area (Å²) >= 11 is 0. The monoisotopic (exact) mass is 334 g/mol. The number of hydrogen-bond donors (Lipinski definition) is 1. The maximum absolute atomic E-state index is 5.39. The molecule has 0 atom stereocenters. The van der Waals surface area contributed by atoms with Crippen molar-refractivity contribution in [1.82, 2.24) is 0 Å². The fraction of sp³-hybridized carbons (Fsp3) is 1.00. The molecule has 2 N–H and O–H groups in total. The van der Waals surface area contributed by atoms with Crippen molar-refractivity contribution in [2.45, 2.75) is 58.3 Å². The second kappa shape index (κ2) is 28.8. The van der Waals surface area contributed by atoms with Gasteiger partial charge in [0.15, 0.2) is 0 Å². The number of hydrogen-bond acceptors (Lipinski definition) is 1. The standard InChI is InChI=1S/C10H23N.2C3H9S.Na/c1-2-3-4-5-6-7-8-9-10-11;2*1-4(2)3;/h2-11H2,1H3;2*1-3H3;/q;3*+1. The van der Waals surface area contributed by atoms with Crippen LogP contribution in [0.3, 0.4) is 0 Å². The zero-order valence-corrected chi connectivity index (χ0v) is 19.4. The molecule has 0 aliphatic carbocycles. The van der Waals surface area contributed by atoms with E-state index in [0.29, 0.717) is 21.8 Å². The molecule has 0 aromatic rings. The van der Waals surface area contributed by atoms with Gasteiger partial charge in [-0.25, -0.2) is 0 Å². The SMILES string of the molecule is CCCCCCCCCCN.C[S+](C)C.C[S+](C)C.[Na+]. The van der Waals surface area contributed by atoms with Crippen LogP contribution in [-0.2, 0) is 21.8 Å². The van der Waals surface area contributed by atoms with Gasteiger partial charge in [-0.15, -0.1) is 0 Å². The van der Waals surface area contributed by atoms with E-state index in [0.717, 1.165) is 6.54 Å². The maximum Gasteiger partial charge on any atom is 1.00 e. The van der Waals surface area contributed by atoms with Crippen molar-refractivity contribution in [2.75, 3.05) is 44.1 Å². The average Bonchev–Trinajstić information content (AvgIpc) is 2.26. The smallest absolute Gasteiger partial charge is 0.330 e. The molecule has 1 nitrogen and oxygen atoms in total. The summed E-state index contributed by atoms with van der Waals surface area (Å²) in [6.07, 6.45) is 24.1. The van der Waals surface area contributed by atoms with E-state index >= 15 is 0 Å². The van der Waals surface area contributed by atoms with Crippen LogP contribution < -0.4 is 35.3 Å². The van der Waals surface area contributed by atoms with Gasteiger partial charge in [0.2, 0.25) is 0 Å². The summed E-state index contributed by atoms with van der Waals surface area (Å²) in [7, 11) is 1.28. The molecule has 0 rings (SSSR count). The van der Waals surface area contributed by atoms with E-state index in [9.17, 15) is 0 Å². The Balaban J connectivity index is -0.000000119. The quantitative estimate of drug-likeness (QED) is 0.401. The van der Waals surface area contributed by atoms with Gasteiger partial charge in [-0.3, -0.25) is 0 Å². The molecule has 0 spiro atoms. The molecular formula is C16H41NNaS2+3. The largest absolute Gasteiger partial charge is 1.00 e. The predicted octanol–water partition coefficient (Wildman–Crippen LogP) is 1.08. The van der Waals surface area contributed by atoms with Crippen LogP contribution >= 0.6 is 0 Å². The van der Waals surface area contributed by atoms with Crippen LogP contribution in [-0.4, -0.2) is 44.1 Å². The summed E-state index contributed by atoms with van der Waals surface area (Å²) in [5.41, 5.74) is 5.39. The fourth-order valence-corrected chi connectivity index (χ4v) is 1.28. The van der Waals surface area contributed by atoms with Crippen molar-refractivity contribution >= 4 is 21.8 Å². The first-order chi connectivity index (χ1) is 8.88. The molecule has 120 valence electrons. The Labute approximate surface area is 158 Å². The molecule has 0 aromatic heterocycles. The Morgan fingerprint density at radius 3 is 1.10 bits per heavy atom. The van der Waals surface area contributed by atoms with Gasteiger partial charge in [0.1, 0.15) is 0 Å². The minimum absolute atomic E-state index is 0. The van der Waals surface area contributed by atoms with E-state index in [-0.39, 0.29) is 29.6 Å². The second-order valence-corrected chi connectivity index (χ2v) is 10.6. The summed E-state index contributed by atoms with van der Waals surface area (Å²) in [5.74, 6) is 0. The first-order valence-electron chi connectivity index (χ1n) is 7.56. The average molecular weight is 335 g/mol. The van der Waals surface area contributed by atoms with Crippen LogP contribution in [0, 0.1) is 0 Å². The van der Waals surface area contributed by atoms with Gasteiger partial charge in [-0.05, 0) is 34.8 Å². The molecule has 0 aromatic carbocycles. The van der Waals surface area contributed by atoms with Gasteiger partial charge in [-0.1, -0.05) is 51.9 Å². The van der Waals surface area contributed by atoms with E-state index < -0.39 is 0 Å². The van der Waals surface area contributed by atoms with Crippen LogP contribution in [0.5, 0.6) is 0 Å². The van der Waals surface area contributed by atoms with Crippen molar-refractivity contribution in [3.8, 4) is 0 Å². The number of nitrogens with two attached hydrogens (primary N) is 1. The van der Waals surface area contributed by atoms with Crippen molar-refractivity contribution < 1.29 is 29.6 Å². The van der Waals surface area contributed by atoms with Gasteiger partial charge in [0.25, 0.3) is 0 Å². The van der Waals surface area contributed by atoms with Crippen molar-refractivity contribution in [3.05, 3.63) is 0 Å². The minimum Gasteiger partial charge on any atom is -0.330 e. The molecule has 0 amide bonds. The minimum atomic E-state index is 0. The zero-order chi connectivity index (χ0) is 15.5. The summed E-state index contributed by atoms with van der Waals surface area (Å²) < 4.78 is 0. The zero-order valence-electron chi connectivity index (χ0n) is 15.8. The van der Waals surface area contributed by atoms with Gasteiger partial charge in [0, 0.05) is 0 Å². The van der Waals surface area contributed by atoms with Crippen LogP contribution in [0.15, 0.2) is 0 Å². The molecule has 0 unspecified atom stereocenters. The van der Waals surface area contributed by atoms with Crippen LogP contribution in [0.1, 0.15) is 58.3 Å². The molecule has 20 heavy (non-hydrogen) atoms. The molecule has 0 heterocycles. The van der Waals surface area contributed by atoms with Gasteiger partial charge >= 0.3 is 29.6 Å². The normalized spacial score (nSPS) is 9.30. The Morgan fingerprint density at radius 1 is 0.600 bits per heavy atom. The van der Waals surface area contributed by atoms with Gasteiger partial charge < -0.3 is 5.73 Å². The van der Waals surface area contributed by atoms with Crippen molar-refractivity contribution in [1.29, 1.82) is 0 Å². The molecule has 0 aliphatic heterocycles. The summed E-state index contributed by atoms with van der Waals surface area (Å²) in [6, 6.07) is 0. The maximum atomic E-state index is 5.39. The molecular weight excluding hydrogens is 293 g/mol. The molecule has 0 saturated carbocycles. The Kier molecular flexibility index (Phi) is 42.6. The van der Waals surface area contributed by atoms with Crippen LogP contribution in [0.4, 0.5) is 0 Å². The molecule has 0 saturated heterocycles. The van der Waals surface area contributed by atoms with E-state index in [2.05, 4.69) is 44.5 Å². The van der Waals surface area contributed by atoms with Gasteiger partial charge in [0.05, 0.1) is 37.5 Å². The van der Waals surface area contributed by atoms with Crippen molar-refractivity contribution in [2.24, 2.45) is 5.73 Å². The topological polar surface area (TPSA) is 26.0 Å². The van der Waals surface area contributed by atoms with Crippen LogP contribution in [0.2, 0.25) is 0 Å². The van der Waals surface area contributed by atoms with Crippen molar-refractivity contribution in [3.63, 3.8) is 0 Å². The summed E-state index contributed by atoms with van der Waals surface area (Å²) in [6.45, 7) is 3.13. The van der Waals surface area contributed by atoms with E-state index in [4.69, 9.17) is 5.73 Å². The Hall–Kier alpha value is 1.66. The third kappa shape index (κ3) is 73.4. The van der Waals surface area contributed by atoms with Crippen LogP contribution in [0.25, 0.3) is 0 Å². The number of rotatable bonds is 8. The number of unbranched alkanes of at least 4 members (excludes halogenated alkanes) is 7. The van der Waals surface area contributed by atoms with E-state index in [1.54, 1.807) is 0 Å². The van der Waals surface area contributed by atoms with E-state index in [1.807, 2.05) is 0 Å². The molecule has 0 fully saturated rings. The Morgan fingerprint density at radius 2 is 0.850 bits per heavy atom. The third-order valence-corrected chi connectivity index (χ3v) is 2.06. The van der Waals surface area contributed by atoms with E-state index in [1.165, 1.54) is 51.4 Å². The second-order valence-electron chi connectivity index (χ2n) is 5.71. The third-order valence-electron chi connectivity index (χ3n) is 2.06. The molecule has 4 heteroatoms. The first-order valence-corrected chi connectivity index (χ1v) is 12.5. The predicted molar refractivity (Wildman–Crippen MR) is 102 cm³/mol. The summed E-state index contributed by atoms with van der Waals surface area (Å²) in [5, 5.41) is 0. The molecule has 0 radical (unpaired) electrons. The summed E-state index contributed by atoms with van der Waals surface area (Å²) in [4.78, 5) is 0. The van der Waals surface area contributed by atoms with Gasteiger partial charge in [-0.2, -0.15) is 0 Å². The molecule has 0 aliphatic rings.